The molecule has 5 rings (SSSR count). The Labute approximate surface area is 201 Å². The van der Waals surface area contributed by atoms with Gasteiger partial charge >= 0.3 is 0 Å². The van der Waals surface area contributed by atoms with Crippen molar-refractivity contribution in [1.82, 2.24) is 40.6 Å². The molecule has 35 heavy (non-hydrogen) atoms. The Bertz CT molecular complexity index is 1460. The van der Waals surface area contributed by atoms with Crippen LogP contribution in [0.5, 0.6) is 0 Å². The van der Waals surface area contributed by atoms with E-state index in [2.05, 4.69) is 42.5 Å². The molecule has 5 aromatic rings. The molecule has 9 heteroatoms. The molecule has 0 amide bonds. The van der Waals surface area contributed by atoms with E-state index in [4.69, 9.17) is 4.98 Å². The first-order valence-corrected chi connectivity index (χ1v) is 11.5. The molecular formula is C26H24N8O. The van der Waals surface area contributed by atoms with Crippen molar-refractivity contribution in [3.05, 3.63) is 94.2 Å². The number of nitrogens with one attached hydrogen (secondary N) is 2. The SMILES string of the molecule is CCCCc1nc(-c2ncccn2)[nH]c(=O)c1Cc1ccc(-c2ccccc2-c2nn[nH]n2)cc1. The van der Waals surface area contributed by atoms with Gasteiger partial charge in [0.1, 0.15) is 0 Å². The second-order valence-electron chi connectivity index (χ2n) is 8.17. The van der Waals surface area contributed by atoms with Crippen molar-refractivity contribution in [2.75, 3.05) is 0 Å². The van der Waals surface area contributed by atoms with Crippen LogP contribution in [0.3, 0.4) is 0 Å². The van der Waals surface area contributed by atoms with E-state index in [-0.39, 0.29) is 5.56 Å². The molecule has 0 radical (unpaired) electrons. The molecule has 3 aromatic heterocycles. The van der Waals surface area contributed by atoms with Gasteiger partial charge in [-0.2, -0.15) is 5.21 Å². The zero-order valence-electron chi connectivity index (χ0n) is 19.3. The fourth-order valence-electron chi connectivity index (χ4n) is 4.02. The number of aromatic nitrogens is 8. The van der Waals surface area contributed by atoms with Crippen molar-refractivity contribution in [3.63, 3.8) is 0 Å². The minimum absolute atomic E-state index is 0.153. The monoisotopic (exact) mass is 464 g/mol. The van der Waals surface area contributed by atoms with E-state index in [9.17, 15) is 4.79 Å². The molecule has 174 valence electrons. The zero-order valence-corrected chi connectivity index (χ0v) is 19.3. The molecule has 3 heterocycles. The summed E-state index contributed by atoms with van der Waals surface area (Å²) in [6.45, 7) is 2.12. The lowest BCUT2D eigenvalue weighted by molar-refractivity contribution is 0.760. The average Bonchev–Trinajstić information content (AvgIpc) is 3.45. The Kier molecular flexibility index (Phi) is 6.47. The fraction of sp³-hybridized carbons (Fsp3) is 0.192. The average molecular weight is 465 g/mol. The Morgan fingerprint density at radius 2 is 1.66 bits per heavy atom. The first-order valence-electron chi connectivity index (χ1n) is 11.5. The van der Waals surface area contributed by atoms with Crippen LogP contribution in [0.1, 0.15) is 36.6 Å². The van der Waals surface area contributed by atoms with Crippen molar-refractivity contribution < 1.29 is 0 Å². The molecule has 2 aromatic carbocycles. The summed E-state index contributed by atoms with van der Waals surface area (Å²) in [6.07, 6.45) is 6.46. The van der Waals surface area contributed by atoms with E-state index in [1.54, 1.807) is 18.5 Å². The lowest BCUT2D eigenvalue weighted by Gasteiger charge is -2.11. The molecule has 0 aliphatic carbocycles. The summed E-state index contributed by atoms with van der Waals surface area (Å²) in [5.41, 5.74) is 5.29. The van der Waals surface area contributed by atoms with Crippen LogP contribution in [0.4, 0.5) is 0 Å². The van der Waals surface area contributed by atoms with Crippen molar-refractivity contribution >= 4 is 0 Å². The number of tetrazole rings is 1. The minimum atomic E-state index is -0.153. The Hall–Kier alpha value is -4.53. The number of H-pyrrole nitrogens is 2. The number of rotatable bonds is 8. The third-order valence-electron chi connectivity index (χ3n) is 5.80. The number of aryl methyl sites for hydroxylation is 1. The quantitative estimate of drug-likeness (QED) is 0.355. The normalized spacial score (nSPS) is 11.0. The largest absolute Gasteiger partial charge is 0.304 e. The van der Waals surface area contributed by atoms with Crippen molar-refractivity contribution in [2.24, 2.45) is 0 Å². The van der Waals surface area contributed by atoms with Crippen molar-refractivity contribution in [1.29, 1.82) is 0 Å². The predicted molar refractivity (Wildman–Crippen MR) is 132 cm³/mol. The van der Waals surface area contributed by atoms with Gasteiger partial charge in [-0.1, -0.05) is 61.9 Å². The Morgan fingerprint density at radius 3 is 2.37 bits per heavy atom. The van der Waals surface area contributed by atoms with E-state index in [0.717, 1.165) is 47.2 Å². The lowest BCUT2D eigenvalue weighted by Crippen LogP contribution is -2.20. The number of hydrogen-bond acceptors (Lipinski definition) is 7. The van der Waals surface area contributed by atoms with E-state index < -0.39 is 0 Å². The highest BCUT2D eigenvalue weighted by atomic mass is 16.1. The van der Waals surface area contributed by atoms with Crippen LogP contribution < -0.4 is 5.56 Å². The highest BCUT2D eigenvalue weighted by molar-refractivity contribution is 5.80. The van der Waals surface area contributed by atoms with Crippen LogP contribution in [0.25, 0.3) is 34.2 Å². The van der Waals surface area contributed by atoms with Gasteiger partial charge in [0.25, 0.3) is 5.56 Å². The van der Waals surface area contributed by atoms with E-state index in [1.807, 2.05) is 48.5 Å². The number of hydrogen-bond donors (Lipinski definition) is 2. The van der Waals surface area contributed by atoms with Gasteiger partial charge in [0.05, 0.1) is 5.69 Å². The van der Waals surface area contributed by atoms with E-state index in [0.29, 0.717) is 29.5 Å². The smallest absolute Gasteiger partial charge is 0.255 e. The molecule has 0 aliphatic rings. The summed E-state index contributed by atoms with van der Waals surface area (Å²) in [4.78, 5) is 29.2. The number of unbranched alkanes of at least 4 members (excludes halogenated alkanes) is 1. The van der Waals surface area contributed by atoms with Crippen LogP contribution in [0, 0.1) is 0 Å². The third-order valence-corrected chi connectivity index (χ3v) is 5.80. The van der Waals surface area contributed by atoms with Crippen LogP contribution >= 0.6 is 0 Å². The van der Waals surface area contributed by atoms with E-state index in [1.165, 1.54) is 0 Å². The Balaban J connectivity index is 1.45. The highest BCUT2D eigenvalue weighted by Gasteiger charge is 2.15. The fourth-order valence-corrected chi connectivity index (χ4v) is 4.02. The molecule has 0 aliphatic heterocycles. The van der Waals surface area contributed by atoms with Gasteiger partial charge in [0.15, 0.2) is 11.6 Å². The maximum atomic E-state index is 13.1. The topological polar surface area (TPSA) is 126 Å². The number of aromatic amines is 2. The van der Waals surface area contributed by atoms with Gasteiger partial charge in [-0.15, -0.1) is 10.2 Å². The molecule has 0 atom stereocenters. The molecule has 2 N–H and O–H groups in total. The van der Waals surface area contributed by atoms with Gasteiger partial charge in [0, 0.05) is 29.9 Å². The minimum Gasteiger partial charge on any atom is -0.304 e. The summed E-state index contributed by atoms with van der Waals surface area (Å²) in [6, 6.07) is 17.8. The summed E-state index contributed by atoms with van der Waals surface area (Å²) in [5.74, 6) is 1.36. The first kappa shape index (κ1) is 22.3. The van der Waals surface area contributed by atoms with Gasteiger partial charge in [-0.25, -0.2) is 15.0 Å². The standard InChI is InChI=1S/C26H24N8O/c1-2-3-9-22-21(26(35)30-25(29-22)24-27-14-6-15-28-24)16-17-10-12-18(13-11-17)19-7-4-5-8-20(19)23-31-33-34-32-23/h4-8,10-15H,2-3,9,16H2,1H3,(H,29,30,35)(H,31,32,33,34). The molecule has 0 spiro atoms. The molecule has 0 bridgehead atoms. The van der Waals surface area contributed by atoms with Gasteiger partial charge in [-0.3, -0.25) is 4.79 Å². The molecule has 0 unspecified atom stereocenters. The van der Waals surface area contributed by atoms with Crippen molar-refractivity contribution in [2.45, 2.75) is 32.6 Å². The summed E-state index contributed by atoms with van der Waals surface area (Å²) in [7, 11) is 0. The highest BCUT2D eigenvalue weighted by Crippen LogP contribution is 2.30. The summed E-state index contributed by atoms with van der Waals surface area (Å²) < 4.78 is 0. The second-order valence-corrected chi connectivity index (χ2v) is 8.17. The number of benzene rings is 2. The molecule has 0 saturated heterocycles. The maximum Gasteiger partial charge on any atom is 0.255 e. The molecule has 0 fully saturated rings. The number of nitrogens with zero attached hydrogens (tertiary/aromatic N) is 6. The zero-order chi connectivity index (χ0) is 24.0. The second kappa shape index (κ2) is 10.2. The van der Waals surface area contributed by atoms with Crippen LogP contribution in [0.15, 0.2) is 71.8 Å². The molecule has 0 saturated carbocycles. The van der Waals surface area contributed by atoms with Gasteiger partial charge < -0.3 is 4.98 Å². The van der Waals surface area contributed by atoms with Gasteiger partial charge in [0.2, 0.25) is 5.82 Å². The third kappa shape index (κ3) is 4.89. The van der Waals surface area contributed by atoms with Crippen LogP contribution in [-0.2, 0) is 12.8 Å². The summed E-state index contributed by atoms with van der Waals surface area (Å²) in [5, 5.41) is 14.4. The molecular weight excluding hydrogens is 440 g/mol. The maximum absolute atomic E-state index is 13.1. The van der Waals surface area contributed by atoms with Crippen molar-refractivity contribution in [3.8, 4) is 34.2 Å². The van der Waals surface area contributed by atoms with Crippen LogP contribution in [0.2, 0.25) is 0 Å². The Morgan fingerprint density at radius 1 is 0.886 bits per heavy atom. The first-order chi connectivity index (χ1) is 17.2. The summed E-state index contributed by atoms with van der Waals surface area (Å²) >= 11 is 0. The predicted octanol–water partition coefficient (Wildman–Crippen LogP) is 4.01. The van der Waals surface area contributed by atoms with E-state index >= 15 is 0 Å². The molecule has 9 nitrogen and oxygen atoms in total. The van der Waals surface area contributed by atoms with Gasteiger partial charge in [-0.05, 0) is 40.8 Å². The van der Waals surface area contributed by atoms with Crippen LogP contribution in [-0.4, -0.2) is 40.6 Å². The lowest BCUT2D eigenvalue weighted by atomic mass is 9.96.